The summed E-state index contributed by atoms with van der Waals surface area (Å²) in [4.78, 5) is 0. The summed E-state index contributed by atoms with van der Waals surface area (Å²) in [5, 5.41) is 18.0. The number of hydrogen-bond donors (Lipinski definition) is 2. The number of aliphatic hydroxyl groups is 2. The van der Waals surface area contributed by atoms with Gasteiger partial charge in [0.15, 0.2) is 6.29 Å². The highest BCUT2D eigenvalue weighted by Gasteiger charge is 2.40. The van der Waals surface area contributed by atoms with Crippen molar-refractivity contribution < 1.29 is 19.7 Å². The Morgan fingerprint density at radius 2 is 2.00 bits per heavy atom. The SMILES string of the molecule is CO[C@H]1[C@H](C)OC(O)[C@@H]1O. The molecule has 1 heterocycles. The number of ether oxygens (including phenoxy) is 2. The molecule has 1 fully saturated rings. The monoisotopic (exact) mass is 148 g/mol. The maximum Gasteiger partial charge on any atom is 0.183 e. The number of aliphatic hydroxyl groups excluding tert-OH is 2. The summed E-state index contributed by atoms with van der Waals surface area (Å²) in [6.45, 7) is 1.74. The van der Waals surface area contributed by atoms with Crippen molar-refractivity contribution in [3.8, 4) is 0 Å². The molecule has 1 saturated heterocycles. The van der Waals surface area contributed by atoms with E-state index in [1.54, 1.807) is 6.92 Å². The van der Waals surface area contributed by atoms with Crippen molar-refractivity contribution in [2.24, 2.45) is 0 Å². The molecule has 4 atom stereocenters. The Bertz CT molecular complexity index is 116. The van der Waals surface area contributed by atoms with Crippen LogP contribution >= 0.6 is 0 Å². The van der Waals surface area contributed by atoms with Gasteiger partial charge in [-0.25, -0.2) is 0 Å². The van der Waals surface area contributed by atoms with E-state index in [9.17, 15) is 0 Å². The van der Waals surface area contributed by atoms with Gasteiger partial charge in [0.25, 0.3) is 0 Å². The summed E-state index contributed by atoms with van der Waals surface area (Å²) >= 11 is 0. The Labute approximate surface area is 59.4 Å². The van der Waals surface area contributed by atoms with Gasteiger partial charge in [0.05, 0.1) is 6.10 Å². The van der Waals surface area contributed by atoms with Gasteiger partial charge in [-0.2, -0.15) is 0 Å². The van der Waals surface area contributed by atoms with Gasteiger partial charge in [-0.15, -0.1) is 0 Å². The fourth-order valence-electron chi connectivity index (χ4n) is 1.15. The van der Waals surface area contributed by atoms with Crippen molar-refractivity contribution in [3.05, 3.63) is 0 Å². The van der Waals surface area contributed by atoms with E-state index in [4.69, 9.17) is 19.7 Å². The summed E-state index contributed by atoms with van der Waals surface area (Å²) in [6.07, 6.45) is -2.66. The van der Waals surface area contributed by atoms with Crippen molar-refractivity contribution in [1.29, 1.82) is 0 Å². The zero-order valence-corrected chi connectivity index (χ0v) is 6.02. The van der Waals surface area contributed by atoms with Crippen LogP contribution in [0.2, 0.25) is 0 Å². The fourth-order valence-corrected chi connectivity index (χ4v) is 1.15. The fraction of sp³-hybridized carbons (Fsp3) is 1.00. The summed E-state index contributed by atoms with van der Waals surface area (Å²) < 4.78 is 9.73. The van der Waals surface area contributed by atoms with Gasteiger partial charge < -0.3 is 19.7 Å². The molecule has 0 amide bonds. The summed E-state index contributed by atoms with van der Waals surface area (Å²) in [6, 6.07) is 0. The van der Waals surface area contributed by atoms with Gasteiger partial charge in [0.2, 0.25) is 0 Å². The van der Waals surface area contributed by atoms with Crippen molar-refractivity contribution in [3.63, 3.8) is 0 Å². The summed E-state index contributed by atoms with van der Waals surface area (Å²) in [5.41, 5.74) is 0. The van der Waals surface area contributed by atoms with E-state index in [-0.39, 0.29) is 6.10 Å². The van der Waals surface area contributed by atoms with Crippen molar-refractivity contribution in [1.82, 2.24) is 0 Å². The molecule has 60 valence electrons. The molecule has 0 aromatic heterocycles. The van der Waals surface area contributed by atoms with Gasteiger partial charge in [0, 0.05) is 7.11 Å². The first-order valence-electron chi connectivity index (χ1n) is 3.21. The quantitative estimate of drug-likeness (QED) is 0.506. The van der Waals surface area contributed by atoms with E-state index >= 15 is 0 Å². The van der Waals surface area contributed by atoms with Crippen molar-refractivity contribution >= 4 is 0 Å². The maximum atomic E-state index is 9.13. The van der Waals surface area contributed by atoms with Crippen molar-refractivity contribution in [2.45, 2.75) is 31.5 Å². The molecule has 0 spiro atoms. The minimum Gasteiger partial charge on any atom is -0.385 e. The molecule has 1 aliphatic rings. The van der Waals surface area contributed by atoms with Crippen LogP contribution in [0.4, 0.5) is 0 Å². The van der Waals surface area contributed by atoms with E-state index < -0.39 is 18.5 Å². The second kappa shape index (κ2) is 2.84. The topological polar surface area (TPSA) is 58.9 Å². The first-order chi connectivity index (χ1) is 4.66. The van der Waals surface area contributed by atoms with Gasteiger partial charge >= 0.3 is 0 Å². The minimum atomic E-state index is -1.10. The van der Waals surface area contributed by atoms with Gasteiger partial charge in [-0.3, -0.25) is 0 Å². The molecule has 1 rings (SSSR count). The lowest BCUT2D eigenvalue weighted by molar-refractivity contribution is -0.124. The molecule has 4 nitrogen and oxygen atoms in total. The Kier molecular flexibility index (Phi) is 2.25. The van der Waals surface area contributed by atoms with E-state index in [1.165, 1.54) is 7.11 Å². The van der Waals surface area contributed by atoms with Crippen LogP contribution in [0.25, 0.3) is 0 Å². The van der Waals surface area contributed by atoms with E-state index in [1.807, 2.05) is 0 Å². The summed E-state index contributed by atoms with van der Waals surface area (Å²) in [5.74, 6) is 0. The van der Waals surface area contributed by atoms with Gasteiger partial charge in [-0.1, -0.05) is 0 Å². The molecule has 1 aliphatic heterocycles. The lowest BCUT2D eigenvalue weighted by Gasteiger charge is -2.13. The van der Waals surface area contributed by atoms with Crippen LogP contribution in [0.1, 0.15) is 6.92 Å². The van der Waals surface area contributed by atoms with Crippen LogP contribution in [0, 0.1) is 0 Å². The second-order valence-corrected chi connectivity index (χ2v) is 2.42. The molecule has 1 unspecified atom stereocenters. The average molecular weight is 148 g/mol. The molecule has 0 aliphatic carbocycles. The number of methoxy groups -OCH3 is 1. The summed E-state index contributed by atoms with van der Waals surface area (Å²) in [7, 11) is 1.48. The third kappa shape index (κ3) is 1.15. The Morgan fingerprint density at radius 3 is 2.20 bits per heavy atom. The van der Waals surface area contributed by atoms with E-state index in [0.717, 1.165) is 0 Å². The molecule has 2 N–H and O–H groups in total. The Hall–Kier alpha value is -0.160. The largest absolute Gasteiger partial charge is 0.385 e. The average Bonchev–Trinajstić information content (AvgIpc) is 2.09. The molecule has 10 heavy (non-hydrogen) atoms. The number of hydrogen-bond acceptors (Lipinski definition) is 4. The van der Waals surface area contributed by atoms with Crippen LogP contribution < -0.4 is 0 Å². The highest BCUT2D eigenvalue weighted by molar-refractivity contribution is 4.83. The highest BCUT2D eigenvalue weighted by atomic mass is 16.7. The lowest BCUT2D eigenvalue weighted by Crippen LogP contribution is -2.33. The number of rotatable bonds is 1. The molecular formula is C6H12O4. The standard InChI is InChI=1S/C6H12O4/c1-3-5(9-2)4(7)6(8)10-3/h3-8H,1-2H3/t3-,4+,5-,6?/m0/s1. The molecule has 0 aromatic rings. The molecular weight excluding hydrogens is 136 g/mol. The molecule has 0 aromatic carbocycles. The van der Waals surface area contributed by atoms with Crippen LogP contribution in [-0.4, -0.2) is 41.9 Å². The van der Waals surface area contributed by atoms with Crippen molar-refractivity contribution in [2.75, 3.05) is 7.11 Å². The van der Waals surface area contributed by atoms with Gasteiger partial charge in [0.1, 0.15) is 12.2 Å². The van der Waals surface area contributed by atoms with Gasteiger partial charge in [-0.05, 0) is 6.92 Å². The smallest absolute Gasteiger partial charge is 0.183 e. The minimum absolute atomic E-state index is 0.241. The van der Waals surface area contributed by atoms with Crippen LogP contribution in [0.15, 0.2) is 0 Å². The normalized spacial score (nSPS) is 48.0. The van der Waals surface area contributed by atoms with Crippen LogP contribution in [0.3, 0.4) is 0 Å². The predicted octanol–water partition coefficient (Wildman–Crippen LogP) is -0.901. The lowest BCUT2D eigenvalue weighted by atomic mass is 10.1. The third-order valence-electron chi connectivity index (χ3n) is 1.72. The first-order valence-corrected chi connectivity index (χ1v) is 3.21. The van der Waals surface area contributed by atoms with E-state index in [2.05, 4.69) is 0 Å². The van der Waals surface area contributed by atoms with Crippen LogP contribution in [0.5, 0.6) is 0 Å². The Balaban J connectivity index is 2.55. The predicted molar refractivity (Wildman–Crippen MR) is 33.4 cm³/mol. The Morgan fingerprint density at radius 1 is 1.40 bits per heavy atom. The van der Waals surface area contributed by atoms with Crippen LogP contribution in [-0.2, 0) is 9.47 Å². The third-order valence-corrected chi connectivity index (χ3v) is 1.72. The maximum absolute atomic E-state index is 9.13. The first kappa shape index (κ1) is 7.94. The molecule has 0 saturated carbocycles. The van der Waals surface area contributed by atoms with E-state index in [0.29, 0.717) is 0 Å². The highest BCUT2D eigenvalue weighted by Crippen LogP contribution is 2.20. The zero-order valence-electron chi connectivity index (χ0n) is 6.02. The molecule has 0 bridgehead atoms. The second-order valence-electron chi connectivity index (χ2n) is 2.42. The molecule has 4 heteroatoms. The zero-order chi connectivity index (χ0) is 7.72. The molecule has 0 radical (unpaired) electrons.